The molecule has 0 saturated carbocycles. The Morgan fingerprint density at radius 3 is 2.50 bits per heavy atom. The van der Waals surface area contributed by atoms with Crippen LogP contribution in [0.15, 0.2) is 11.0 Å². The molecule has 0 fully saturated rings. The predicted octanol–water partition coefficient (Wildman–Crippen LogP) is 0.250. The van der Waals surface area contributed by atoms with Gasteiger partial charge >= 0.3 is 0 Å². The Morgan fingerprint density at radius 1 is 1.75 bits per heavy atom. The average Bonchev–Trinajstić information content (AvgIpc) is 1.82. The van der Waals surface area contributed by atoms with Crippen molar-refractivity contribution in [2.45, 2.75) is 6.92 Å². The number of rotatable bonds is 0. The smallest absolute Gasteiger partial charge is 0.262 e. The average molecular weight is 134 g/mol. The standard InChI is InChI=1S/C4H6O3S/c1-4-2-7-8(5,6)3-4/h3H,2H2,1H3. The van der Waals surface area contributed by atoms with Crippen LogP contribution in [0.25, 0.3) is 0 Å². The van der Waals surface area contributed by atoms with Crippen molar-refractivity contribution in [3.05, 3.63) is 11.0 Å². The predicted molar refractivity (Wildman–Crippen MR) is 28.6 cm³/mol. The summed E-state index contributed by atoms with van der Waals surface area (Å²) in [7, 11) is -3.26. The number of hydrogen-bond donors (Lipinski definition) is 0. The van der Waals surface area contributed by atoms with Crippen molar-refractivity contribution in [1.29, 1.82) is 0 Å². The van der Waals surface area contributed by atoms with E-state index in [9.17, 15) is 8.42 Å². The van der Waals surface area contributed by atoms with Gasteiger partial charge in [0, 0.05) is 0 Å². The Morgan fingerprint density at radius 2 is 2.38 bits per heavy atom. The van der Waals surface area contributed by atoms with Crippen LogP contribution in [0.5, 0.6) is 0 Å². The lowest BCUT2D eigenvalue weighted by molar-refractivity contribution is 0.367. The van der Waals surface area contributed by atoms with Crippen LogP contribution in [0.4, 0.5) is 0 Å². The molecule has 1 rings (SSSR count). The molecule has 0 radical (unpaired) electrons. The van der Waals surface area contributed by atoms with Crippen LogP contribution >= 0.6 is 0 Å². The fourth-order valence-corrected chi connectivity index (χ4v) is 1.47. The van der Waals surface area contributed by atoms with E-state index < -0.39 is 10.1 Å². The van der Waals surface area contributed by atoms with E-state index in [0.717, 1.165) is 11.0 Å². The highest BCUT2D eigenvalue weighted by Gasteiger charge is 2.14. The highest BCUT2D eigenvalue weighted by Crippen LogP contribution is 2.10. The molecule has 0 bridgehead atoms. The van der Waals surface area contributed by atoms with Crippen molar-refractivity contribution >= 4 is 10.1 Å². The van der Waals surface area contributed by atoms with E-state index in [4.69, 9.17) is 0 Å². The van der Waals surface area contributed by atoms with Crippen LogP contribution < -0.4 is 0 Å². The molecule has 1 aliphatic rings. The highest BCUT2D eigenvalue weighted by molar-refractivity contribution is 7.89. The lowest BCUT2D eigenvalue weighted by Crippen LogP contribution is -1.92. The SMILES string of the molecule is CC1=CS(=O)(=O)OC1. The van der Waals surface area contributed by atoms with E-state index >= 15 is 0 Å². The molecule has 0 spiro atoms. The van der Waals surface area contributed by atoms with Gasteiger partial charge in [-0.25, -0.2) is 0 Å². The van der Waals surface area contributed by atoms with Crippen LogP contribution in [0, 0.1) is 0 Å². The van der Waals surface area contributed by atoms with Gasteiger partial charge in [0.15, 0.2) is 0 Å². The second kappa shape index (κ2) is 1.56. The van der Waals surface area contributed by atoms with E-state index in [-0.39, 0.29) is 6.61 Å². The summed E-state index contributed by atoms with van der Waals surface area (Å²) in [4.78, 5) is 0. The van der Waals surface area contributed by atoms with E-state index in [1.807, 2.05) is 0 Å². The minimum atomic E-state index is -3.26. The molecule has 8 heavy (non-hydrogen) atoms. The molecule has 4 heteroatoms. The summed E-state index contributed by atoms with van der Waals surface area (Å²) >= 11 is 0. The molecule has 0 saturated heterocycles. The molecule has 0 aromatic carbocycles. The lowest BCUT2D eigenvalue weighted by Gasteiger charge is -1.84. The molecule has 0 atom stereocenters. The molecule has 0 amide bonds. The Hall–Kier alpha value is -0.350. The number of hydrogen-bond acceptors (Lipinski definition) is 3. The quantitative estimate of drug-likeness (QED) is 0.446. The minimum absolute atomic E-state index is 0.225. The third kappa shape index (κ3) is 1.08. The normalized spacial score (nSPS) is 25.4. The Bertz CT molecular complexity index is 211. The van der Waals surface area contributed by atoms with Crippen LogP contribution in [0.2, 0.25) is 0 Å². The van der Waals surface area contributed by atoms with Gasteiger partial charge in [-0.3, -0.25) is 4.18 Å². The molecule has 0 unspecified atom stereocenters. The van der Waals surface area contributed by atoms with Crippen molar-refractivity contribution < 1.29 is 12.6 Å². The van der Waals surface area contributed by atoms with Gasteiger partial charge in [0.25, 0.3) is 10.1 Å². The summed E-state index contributed by atoms with van der Waals surface area (Å²) in [5.41, 5.74) is 0.755. The van der Waals surface area contributed by atoms with Gasteiger partial charge in [-0.05, 0) is 12.5 Å². The maximum atomic E-state index is 10.3. The third-order valence-corrected chi connectivity index (χ3v) is 1.93. The van der Waals surface area contributed by atoms with E-state index in [2.05, 4.69) is 4.18 Å². The maximum Gasteiger partial charge on any atom is 0.290 e. The molecule has 0 aliphatic carbocycles. The fraction of sp³-hybridized carbons (Fsp3) is 0.500. The van der Waals surface area contributed by atoms with Crippen molar-refractivity contribution in [3.63, 3.8) is 0 Å². The first-order valence-electron chi connectivity index (χ1n) is 2.17. The van der Waals surface area contributed by atoms with E-state index in [0.29, 0.717) is 0 Å². The lowest BCUT2D eigenvalue weighted by atomic mass is 10.4. The first kappa shape index (κ1) is 5.78. The van der Waals surface area contributed by atoms with Crippen molar-refractivity contribution in [3.8, 4) is 0 Å². The van der Waals surface area contributed by atoms with Gasteiger partial charge in [-0.1, -0.05) is 0 Å². The topological polar surface area (TPSA) is 43.4 Å². The summed E-state index contributed by atoms with van der Waals surface area (Å²) in [5.74, 6) is 0. The van der Waals surface area contributed by atoms with Gasteiger partial charge in [-0.2, -0.15) is 8.42 Å². The third-order valence-electron chi connectivity index (χ3n) is 0.796. The van der Waals surface area contributed by atoms with Gasteiger partial charge in [-0.15, -0.1) is 0 Å². The molecular formula is C4H6O3S. The van der Waals surface area contributed by atoms with Crippen molar-refractivity contribution in [2.24, 2.45) is 0 Å². The van der Waals surface area contributed by atoms with Gasteiger partial charge < -0.3 is 0 Å². The van der Waals surface area contributed by atoms with Crippen LogP contribution in [0.3, 0.4) is 0 Å². The summed E-state index contributed by atoms with van der Waals surface area (Å²) < 4.78 is 25.0. The van der Waals surface area contributed by atoms with Gasteiger partial charge in [0.1, 0.15) is 0 Å². The Balaban J connectivity index is 3.00. The zero-order chi connectivity index (χ0) is 6.20. The van der Waals surface area contributed by atoms with Crippen molar-refractivity contribution in [1.82, 2.24) is 0 Å². The second-order valence-electron chi connectivity index (χ2n) is 1.72. The second-order valence-corrected chi connectivity index (χ2v) is 3.18. The zero-order valence-electron chi connectivity index (χ0n) is 4.42. The Kier molecular flexibility index (Phi) is 1.13. The minimum Gasteiger partial charge on any atom is -0.262 e. The van der Waals surface area contributed by atoms with Gasteiger partial charge in [0.05, 0.1) is 12.0 Å². The maximum absolute atomic E-state index is 10.3. The van der Waals surface area contributed by atoms with Crippen molar-refractivity contribution in [2.75, 3.05) is 6.61 Å². The molecule has 1 heterocycles. The molecule has 1 aliphatic heterocycles. The molecule has 0 aromatic heterocycles. The van der Waals surface area contributed by atoms with Crippen LogP contribution in [-0.2, 0) is 14.3 Å². The molecular weight excluding hydrogens is 128 g/mol. The largest absolute Gasteiger partial charge is 0.290 e. The molecule has 0 N–H and O–H groups in total. The summed E-state index contributed by atoms with van der Waals surface area (Å²) in [6.07, 6.45) is 0. The fourth-order valence-electron chi connectivity index (χ4n) is 0.490. The summed E-state index contributed by atoms with van der Waals surface area (Å²) in [5, 5.41) is 1.13. The Labute approximate surface area is 48.1 Å². The van der Waals surface area contributed by atoms with Gasteiger partial charge in [0.2, 0.25) is 0 Å². The summed E-state index contributed by atoms with van der Waals surface area (Å²) in [6, 6.07) is 0. The molecule has 3 nitrogen and oxygen atoms in total. The summed E-state index contributed by atoms with van der Waals surface area (Å²) in [6.45, 7) is 1.94. The monoisotopic (exact) mass is 134 g/mol. The van der Waals surface area contributed by atoms with E-state index in [1.54, 1.807) is 6.92 Å². The van der Waals surface area contributed by atoms with Crippen LogP contribution in [0.1, 0.15) is 6.92 Å². The molecule has 0 aromatic rings. The van der Waals surface area contributed by atoms with Crippen LogP contribution in [-0.4, -0.2) is 15.0 Å². The zero-order valence-corrected chi connectivity index (χ0v) is 5.23. The first-order valence-corrected chi connectivity index (χ1v) is 3.64. The highest BCUT2D eigenvalue weighted by atomic mass is 32.2. The first-order chi connectivity index (χ1) is 3.60. The molecule has 46 valence electrons. The van der Waals surface area contributed by atoms with E-state index in [1.165, 1.54) is 0 Å².